The number of hydrogen-bond acceptors (Lipinski definition) is 4. The number of anilines is 1. The van der Waals surface area contributed by atoms with Crippen LogP contribution in [-0.4, -0.2) is 32.7 Å². The van der Waals surface area contributed by atoms with Crippen molar-refractivity contribution in [3.05, 3.63) is 24.3 Å². The molecule has 1 aromatic rings. The second-order valence-corrected chi connectivity index (χ2v) is 5.72. The zero-order valence-corrected chi connectivity index (χ0v) is 11.5. The molecule has 0 saturated heterocycles. The molecule has 0 aliphatic heterocycles. The summed E-state index contributed by atoms with van der Waals surface area (Å²) in [5, 5.41) is 12.2. The lowest BCUT2D eigenvalue weighted by atomic mass is 10.2. The van der Waals surface area contributed by atoms with E-state index in [-0.39, 0.29) is 17.5 Å². The number of sulfonamides is 1. The fourth-order valence-corrected chi connectivity index (χ4v) is 2.56. The van der Waals surface area contributed by atoms with Crippen LogP contribution in [0.25, 0.3) is 0 Å². The number of aliphatic hydroxyl groups is 1. The monoisotopic (exact) mass is 272 g/mol. The minimum absolute atomic E-state index is 0.0128. The van der Waals surface area contributed by atoms with Crippen molar-refractivity contribution >= 4 is 15.7 Å². The molecule has 6 heteroatoms. The Morgan fingerprint density at radius 2 is 1.83 bits per heavy atom. The maximum atomic E-state index is 11.7. The largest absolute Gasteiger partial charge is 0.394 e. The zero-order chi connectivity index (χ0) is 13.6. The Kier molecular flexibility index (Phi) is 5.58. The lowest BCUT2D eigenvalue weighted by Gasteiger charge is -2.15. The fraction of sp³-hybridized carbons (Fsp3) is 0.500. The van der Waals surface area contributed by atoms with Crippen LogP contribution >= 0.6 is 0 Å². The molecule has 102 valence electrons. The highest BCUT2D eigenvalue weighted by Crippen LogP contribution is 2.15. The van der Waals surface area contributed by atoms with Gasteiger partial charge >= 0.3 is 0 Å². The average molecular weight is 272 g/mol. The minimum Gasteiger partial charge on any atom is -0.394 e. The van der Waals surface area contributed by atoms with Crippen molar-refractivity contribution in [1.82, 2.24) is 4.72 Å². The Hall–Kier alpha value is -1.11. The third-order valence-electron chi connectivity index (χ3n) is 2.58. The van der Waals surface area contributed by atoms with Gasteiger partial charge in [-0.3, -0.25) is 0 Å². The molecular formula is C12H20N2O3S. The number of aliphatic hydroxyl groups excluding tert-OH is 1. The van der Waals surface area contributed by atoms with E-state index in [0.717, 1.165) is 12.1 Å². The van der Waals surface area contributed by atoms with Crippen LogP contribution in [0.2, 0.25) is 0 Å². The van der Waals surface area contributed by atoms with Gasteiger partial charge in [0.2, 0.25) is 10.0 Å². The van der Waals surface area contributed by atoms with Gasteiger partial charge in [-0.25, -0.2) is 13.1 Å². The molecule has 1 unspecified atom stereocenters. The normalized spacial score (nSPS) is 13.3. The van der Waals surface area contributed by atoms with E-state index >= 15 is 0 Å². The standard InChI is InChI=1S/C12H20N2O3S/c1-3-10(9-15)14-11-5-7-12(8-6-11)18(16,17)13-4-2/h5-8,10,13-15H,3-4,9H2,1-2H3. The Morgan fingerprint density at radius 3 is 2.28 bits per heavy atom. The van der Waals surface area contributed by atoms with E-state index < -0.39 is 10.0 Å². The third kappa shape index (κ3) is 3.97. The molecule has 0 fully saturated rings. The Balaban J connectivity index is 2.80. The first-order valence-corrected chi connectivity index (χ1v) is 7.49. The smallest absolute Gasteiger partial charge is 0.240 e. The quantitative estimate of drug-likeness (QED) is 0.696. The van der Waals surface area contributed by atoms with Crippen molar-refractivity contribution < 1.29 is 13.5 Å². The van der Waals surface area contributed by atoms with Crippen molar-refractivity contribution in [3.63, 3.8) is 0 Å². The molecule has 0 aliphatic rings. The van der Waals surface area contributed by atoms with Gasteiger partial charge in [0, 0.05) is 18.3 Å². The minimum atomic E-state index is -3.39. The molecule has 18 heavy (non-hydrogen) atoms. The summed E-state index contributed by atoms with van der Waals surface area (Å²) in [5.74, 6) is 0. The first-order valence-electron chi connectivity index (χ1n) is 6.00. The van der Waals surface area contributed by atoms with E-state index in [9.17, 15) is 8.42 Å². The summed E-state index contributed by atoms with van der Waals surface area (Å²) < 4.78 is 25.8. The van der Waals surface area contributed by atoms with E-state index in [4.69, 9.17) is 5.11 Å². The molecule has 1 aromatic carbocycles. The number of rotatable bonds is 7. The highest BCUT2D eigenvalue weighted by Gasteiger charge is 2.12. The van der Waals surface area contributed by atoms with Gasteiger partial charge in [-0.05, 0) is 30.7 Å². The molecule has 0 saturated carbocycles. The lowest BCUT2D eigenvalue weighted by molar-refractivity contribution is 0.272. The van der Waals surface area contributed by atoms with E-state index in [1.54, 1.807) is 31.2 Å². The van der Waals surface area contributed by atoms with Crippen LogP contribution < -0.4 is 10.0 Å². The molecular weight excluding hydrogens is 252 g/mol. The molecule has 3 N–H and O–H groups in total. The summed E-state index contributed by atoms with van der Waals surface area (Å²) in [4.78, 5) is 0.243. The second-order valence-electron chi connectivity index (χ2n) is 3.96. The van der Waals surface area contributed by atoms with Crippen molar-refractivity contribution in [2.75, 3.05) is 18.5 Å². The summed E-state index contributed by atoms with van der Waals surface area (Å²) >= 11 is 0. The van der Waals surface area contributed by atoms with Crippen molar-refractivity contribution in [3.8, 4) is 0 Å². The predicted molar refractivity (Wildman–Crippen MR) is 72.1 cm³/mol. The van der Waals surface area contributed by atoms with Gasteiger partial charge < -0.3 is 10.4 Å². The van der Waals surface area contributed by atoms with E-state index in [1.807, 2.05) is 6.92 Å². The SMILES string of the molecule is CCNS(=O)(=O)c1ccc(NC(CC)CO)cc1. The van der Waals surface area contributed by atoms with Crippen molar-refractivity contribution in [2.24, 2.45) is 0 Å². The van der Waals surface area contributed by atoms with E-state index in [0.29, 0.717) is 6.54 Å². The maximum Gasteiger partial charge on any atom is 0.240 e. The predicted octanol–water partition coefficient (Wildman–Crippen LogP) is 1.17. The van der Waals surface area contributed by atoms with Crippen LogP contribution in [0.1, 0.15) is 20.3 Å². The van der Waals surface area contributed by atoms with Crippen LogP contribution in [0.15, 0.2) is 29.2 Å². The number of hydrogen-bond donors (Lipinski definition) is 3. The molecule has 0 spiro atoms. The molecule has 0 aliphatic carbocycles. The molecule has 0 heterocycles. The summed E-state index contributed by atoms with van der Waals surface area (Å²) in [6, 6.07) is 6.47. The van der Waals surface area contributed by atoms with Gasteiger partial charge in [0.05, 0.1) is 11.5 Å². The number of benzene rings is 1. The van der Waals surface area contributed by atoms with Crippen LogP contribution in [0.4, 0.5) is 5.69 Å². The van der Waals surface area contributed by atoms with Crippen LogP contribution in [-0.2, 0) is 10.0 Å². The van der Waals surface area contributed by atoms with Gasteiger partial charge in [0.1, 0.15) is 0 Å². The Morgan fingerprint density at radius 1 is 1.22 bits per heavy atom. The molecule has 1 rings (SSSR count). The number of nitrogens with one attached hydrogen (secondary N) is 2. The Bertz CT molecular complexity index is 453. The van der Waals surface area contributed by atoms with Crippen LogP contribution in [0.3, 0.4) is 0 Å². The highest BCUT2D eigenvalue weighted by molar-refractivity contribution is 7.89. The maximum absolute atomic E-state index is 11.7. The molecule has 0 aromatic heterocycles. The van der Waals surface area contributed by atoms with Crippen molar-refractivity contribution in [2.45, 2.75) is 31.2 Å². The van der Waals surface area contributed by atoms with Gasteiger partial charge in [0.15, 0.2) is 0 Å². The summed E-state index contributed by atoms with van der Waals surface area (Å²) in [6.07, 6.45) is 0.800. The topological polar surface area (TPSA) is 78.4 Å². The second kappa shape index (κ2) is 6.72. The average Bonchev–Trinajstić information content (AvgIpc) is 2.36. The molecule has 0 radical (unpaired) electrons. The Labute approximate surface area is 108 Å². The molecule has 0 bridgehead atoms. The fourth-order valence-electron chi connectivity index (χ4n) is 1.52. The molecule has 0 amide bonds. The van der Waals surface area contributed by atoms with Gasteiger partial charge in [0.25, 0.3) is 0 Å². The first kappa shape index (κ1) is 14.9. The van der Waals surface area contributed by atoms with E-state index in [2.05, 4.69) is 10.0 Å². The van der Waals surface area contributed by atoms with Gasteiger partial charge in [-0.1, -0.05) is 13.8 Å². The zero-order valence-electron chi connectivity index (χ0n) is 10.7. The highest BCUT2D eigenvalue weighted by atomic mass is 32.2. The molecule has 1 atom stereocenters. The summed E-state index contributed by atoms with van der Waals surface area (Å²) in [7, 11) is -3.39. The third-order valence-corrected chi connectivity index (χ3v) is 4.14. The van der Waals surface area contributed by atoms with Gasteiger partial charge in [-0.15, -0.1) is 0 Å². The van der Waals surface area contributed by atoms with Crippen molar-refractivity contribution in [1.29, 1.82) is 0 Å². The van der Waals surface area contributed by atoms with Gasteiger partial charge in [-0.2, -0.15) is 0 Å². The summed E-state index contributed by atoms with van der Waals surface area (Å²) in [5.41, 5.74) is 0.798. The van der Waals surface area contributed by atoms with Crippen LogP contribution in [0.5, 0.6) is 0 Å². The van der Waals surface area contributed by atoms with Crippen LogP contribution in [0, 0.1) is 0 Å². The first-order chi connectivity index (χ1) is 8.53. The van der Waals surface area contributed by atoms with E-state index in [1.165, 1.54) is 0 Å². The molecule has 5 nitrogen and oxygen atoms in total. The summed E-state index contributed by atoms with van der Waals surface area (Å²) in [6.45, 7) is 4.12. The lowest BCUT2D eigenvalue weighted by Crippen LogP contribution is -2.24.